The van der Waals surface area contributed by atoms with Gasteiger partial charge in [-0.1, -0.05) is 42.5 Å². The van der Waals surface area contributed by atoms with Gasteiger partial charge in [0.2, 0.25) is 6.20 Å². The molecular weight excluding hydrogens is 410 g/mol. The molecule has 27 heavy (non-hydrogen) atoms. The predicted octanol–water partition coefficient (Wildman–Crippen LogP) is 5.83. The molecule has 0 N–H and O–H groups in total. The molecule has 6 heteroatoms. The normalized spacial score (nSPS) is 11.0. The van der Waals surface area contributed by atoms with Crippen LogP contribution < -0.4 is 9.47 Å². The summed E-state index contributed by atoms with van der Waals surface area (Å²) in [6.07, 6.45) is 2.32. The summed E-state index contributed by atoms with van der Waals surface area (Å²) in [7, 11) is 0. The minimum Gasteiger partial charge on any atom is -0.490 e. The van der Waals surface area contributed by atoms with Gasteiger partial charge in [-0.15, -0.1) is 0 Å². The highest BCUT2D eigenvalue weighted by Gasteiger charge is 2.13. The van der Waals surface area contributed by atoms with Gasteiger partial charge in [-0.05, 0) is 56.9 Å². The van der Waals surface area contributed by atoms with E-state index >= 15 is 0 Å². The molecule has 0 aromatic heterocycles. The third kappa shape index (κ3) is 4.65. The van der Waals surface area contributed by atoms with E-state index in [1.807, 2.05) is 31.2 Å². The highest BCUT2D eigenvalue weighted by molar-refractivity contribution is 9.10. The van der Waals surface area contributed by atoms with Gasteiger partial charge in [0.15, 0.2) is 11.5 Å². The first kappa shape index (κ1) is 18.9. The Hall–Kier alpha value is -2.86. The molecule has 3 aromatic carbocycles. The van der Waals surface area contributed by atoms with Crippen LogP contribution in [0.3, 0.4) is 0 Å². The van der Waals surface area contributed by atoms with Crippen molar-refractivity contribution < 1.29 is 14.4 Å². The average Bonchev–Trinajstić information content (AvgIpc) is 2.66. The second-order valence-corrected chi connectivity index (χ2v) is 6.65. The first-order valence-electron chi connectivity index (χ1n) is 8.46. The summed E-state index contributed by atoms with van der Waals surface area (Å²) in [6.45, 7) is 2.71. The summed E-state index contributed by atoms with van der Waals surface area (Å²) in [5.74, 6) is 1.11. The number of rotatable bonds is 7. The SMILES string of the molecule is CCOc1cc(/C=C\[N+](=O)[O-])cc(Br)c1OCc1cccc2ccccc12. The van der Waals surface area contributed by atoms with Gasteiger partial charge in [0.25, 0.3) is 0 Å². The summed E-state index contributed by atoms with van der Waals surface area (Å²) in [6, 6.07) is 17.7. The standard InChI is InChI=1S/C21H18BrNO4/c1-2-26-20-13-15(10-11-23(24)25)12-19(22)21(20)27-14-17-8-5-7-16-6-3-4-9-18(16)17/h3-13H,2,14H2,1H3/b11-10-. The second-order valence-electron chi connectivity index (χ2n) is 5.79. The Morgan fingerprint density at radius 2 is 1.89 bits per heavy atom. The lowest BCUT2D eigenvalue weighted by Crippen LogP contribution is -2.01. The molecule has 0 unspecified atom stereocenters. The number of nitro groups is 1. The highest BCUT2D eigenvalue weighted by atomic mass is 79.9. The Morgan fingerprint density at radius 1 is 1.11 bits per heavy atom. The van der Waals surface area contributed by atoms with E-state index in [1.165, 1.54) is 6.08 Å². The molecule has 3 aromatic rings. The van der Waals surface area contributed by atoms with Crippen LogP contribution in [0, 0.1) is 10.1 Å². The summed E-state index contributed by atoms with van der Waals surface area (Å²) in [5, 5.41) is 12.8. The largest absolute Gasteiger partial charge is 0.490 e. The van der Waals surface area contributed by atoms with Crippen LogP contribution in [-0.4, -0.2) is 11.5 Å². The van der Waals surface area contributed by atoms with Crippen LogP contribution in [0.2, 0.25) is 0 Å². The monoisotopic (exact) mass is 427 g/mol. The minimum atomic E-state index is -0.501. The number of hydrogen-bond acceptors (Lipinski definition) is 4. The summed E-state index contributed by atoms with van der Waals surface area (Å²) < 4.78 is 12.4. The Bertz CT molecular complexity index is 995. The van der Waals surface area contributed by atoms with Crippen LogP contribution >= 0.6 is 15.9 Å². The Labute approximate surface area is 165 Å². The predicted molar refractivity (Wildman–Crippen MR) is 110 cm³/mol. The van der Waals surface area contributed by atoms with Gasteiger partial charge in [0.1, 0.15) is 6.61 Å². The maximum atomic E-state index is 10.6. The molecule has 138 valence electrons. The molecule has 0 radical (unpaired) electrons. The molecule has 5 nitrogen and oxygen atoms in total. The lowest BCUT2D eigenvalue weighted by atomic mass is 10.1. The van der Waals surface area contributed by atoms with Crippen LogP contribution in [0.4, 0.5) is 0 Å². The Balaban J connectivity index is 1.90. The summed E-state index contributed by atoms with van der Waals surface area (Å²) in [5.41, 5.74) is 1.72. The van der Waals surface area contributed by atoms with Crippen molar-refractivity contribution in [1.29, 1.82) is 0 Å². The zero-order valence-electron chi connectivity index (χ0n) is 14.7. The first-order valence-corrected chi connectivity index (χ1v) is 9.25. The molecule has 0 atom stereocenters. The molecule has 0 aliphatic rings. The van der Waals surface area contributed by atoms with E-state index in [1.54, 1.807) is 12.1 Å². The van der Waals surface area contributed by atoms with Crippen LogP contribution in [0.25, 0.3) is 16.8 Å². The maximum Gasteiger partial charge on any atom is 0.235 e. The van der Waals surface area contributed by atoms with Crippen molar-refractivity contribution in [2.24, 2.45) is 0 Å². The van der Waals surface area contributed by atoms with Crippen molar-refractivity contribution >= 4 is 32.8 Å². The Morgan fingerprint density at radius 3 is 2.67 bits per heavy atom. The smallest absolute Gasteiger partial charge is 0.235 e. The fraction of sp³-hybridized carbons (Fsp3) is 0.143. The summed E-state index contributed by atoms with van der Waals surface area (Å²) in [4.78, 5) is 10.1. The van der Waals surface area contributed by atoms with Gasteiger partial charge in [0.05, 0.1) is 16.0 Å². The van der Waals surface area contributed by atoms with Crippen LogP contribution in [-0.2, 0) is 6.61 Å². The quantitative estimate of drug-likeness (QED) is 0.351. The van der Waals surface area contributed by atoms with Crippen molar-refractivity contribution in [3.63, 3.8) is 0 Å². The number of halogens is 1. The van der Waals surface area contributed by atoms with Crippen LogP contribution in [0.5, 0.6) is 11.5 Å². The van der Waals surface area contributed by atoms with Gasteiger partial charge in [0, 0.05) is 6.08 Å². The maximum absolute atomic E-state index is 10.6. The number of nitrogens with zero attached hydrogens (tertiary/aromatic N) is 1. The number of ether oxygens (including phenoxy) is 2. The molecule has 0 saturated carbocycles. The van der Waals surface area contributed by atoms with Crippen molar-refractivity contribution in [2.75, 3.05) is 6.61 Å². The average molecular weight is 428 g/mol. The number of fused-ring (bicyclic) bond motifs is 1. The molecule has 0 bridgehead atoms. The van der Waals surface area contributed by atoms with Crippen LogP contribution in [0.15, 0.2) is 65.3 Å². The van der Waals surface area contributed by atoms with Crippen molar-refractivity contribution in [3.05, 3.63) is 86.5 Å². The molecule has 0 heterocycles. The molecule has 3 rings (SSSR count). The number of hydrogen-bond donors (Lipinski definition) is 0. The fourth-order valence-corrected chi connectivity index (χ4v) is 3.38. The van der Waals surface area contributed by atoms with Gasteiger partial charge in [-0.2, -0.15) is 0 Å². The minimum absolute atomic E-state index is 0.379. The molecule has 0 saturated heterocycles. The van der Waals surface area contributed by atoms with Crippen molar-refractivity contribution in [3.8, 4) is 11.5 Å². The van der Waals surface area contributed by atoms with E-state index in [4.69, 9.17) is 9.47 Å². The topological polar surface area (TPSA) is 61.6 Å². The Kier molecular flexibility index (Phi) is 6.08. The van der Waals surface area contributed by atoms with Crippen LogP contribution in [0.1, 0.15) is 18.1 Å². The van der Waals surface area contributed by atoms with E-state index in [0.29, 0.717) is 34.7 Å². The first-order chi connectivity index (χ1) is 13.1. The molecule has 0 aliphatic heterocycles. The molecule has 0 aliphatic carbocycles. The van der Waals surface area contributed by atoms with Gasteiger partial charge < -0.3 is 9.47 Å². The van der Waals surface area contributed by atoms with Crippen molar-refractivity contribution in [2.45, 2.75) is 13.5 Å². The van der Waals surface area contributed by atoms with Gasteiger partial charge >= 0.3 is 0 Å². The van der Waals surface area contributed by atoms with Gasteiger partial charge in [-0.25, -0.2) is 0 Å². The molecule has 0 fully saturated rings. The number of benzene rings is 3. The van der Waals surface area contributed by atoms with E-state index < -0.39 is 4.92 Å². The van der Waals surface area contributed by atoms with Gasteiger partial charge in [-0.3, -0.25) is 10.1 Å². The fourth-order valence-electron chi connectivity index (χ4n) is 2.80. The lowest BCUT2D eigenvalue weighted by Gasteiger charge is -2.15. The van der Waals surface area contributed by atoms with E-state index in [-0.39, 0.29) is 0 Å². The zero-order valence-corrected chi connectivity index (χ0v) is 16.3. The van der Waals surface area contributed by atoms with E-state index in [9.17, 15) is 10.1 Å². The van der Waals surface area contributed by atoms with E-state index in [2.05, 4.69) is 34.1 Å². The molecular formula is C21H18BrNO4. The third-order valence-corrected chi connectivity index (χ3v) is 4.56. The third-order valence-electron chi connectivity index (χ3n) is 3.97. The zero-order chi connectivity index (χ0) is 19.2. The molecule has 0 amide bonds. The van der Waals surface area contributed by atoms with E-state index in [0.717, 1.165) is 22.5 Å². The molecule has 0 spiro atoms. The highest BCUT2D eigenvalue weighted by Crippen LogP contribution is 2.38. The summed E-state index contributed by atoms with van der Waals surface area (Å²) >= 11 is 3.49. The van der Waals surface area contributed by atoms with Crippen molar-refractivity contribution in [1.82, 2.24) is 0 Å². The lowest BCUT2D eigenvalue weighted by molar-refractivity contribution is -0.400. The second kappa shape index (κ2) is 8.68.